The SMILES string of the molecule is CCOc1ccc(C(=O)Nc2ccc3c(c2Br)CN(C(=O)C(F)(F)F)CC3)cc1C(C)=O. The number of ketones is 1. The van der Waals surface area contributed by atoms with Crippen LogP contribution in [-0.4, -0.2) is 41.8 Å². The number of carbonyl (C=O) groups excluding carboxylic acids is 3. The van der Waals surface area contributed by atoms with Crippen molar-refractivity contribution < 1.29 is 32.3 Å². The van der Waals surface area contributed by atoms with E-state index in [4.69, 9.17) is 4.74 Å². The van der Waals surface area contributed by atoms with Gasteiger partial charge in [0.1, 0.15) is 5.75 Å². The van der Waals surface area contributed by atoms with Crippen LogP contribution in [0.5, 0.6) is 5.75 Å². The van der Waals surface area contributed by atoms with E-state index in [0.717, 1.165) is 10.5 Å². The van der Waals surface area contributed by atoms with Gasteiger partial charge in [0, 0.05) is 23.1 Å². The molecule has 10 heteroatoms. The summed E-state index contributed by atoms with van der Waals surface area (Å²) in [5.74, 6) is -2.28. The van der Waals surface area contributed by atoms with E-state index < -0.39 is 18.0 Å². The maximum absolute atomic E-state index is 12.8. The number of hydrogen-bond donors (Lipinski definition) is 1. The summed E-state index contributed by atoms with van der Waals surface area (Å²) >= 11 is 3.36. The van der Waals surface area contributed by atoms with Crippen LogP contribution in [0.2, 0.25) is 0 Å². The molecule has 0 unspecified atom stereocenters. The number of ether oxygens (including phenoxy) is 1. The summed E-state index contributed by atoms with van der Waals surface area (Å²) in [5, 5.41) is 2.70. The van der Waals surface area contributed by atoms with Gasteiger partial charge in [-0.25, -0.2) is 0 Å². The predicted octanol–water partition coefficient (Wildman–Crippen LogP) is 4.75. The normalized spacial score (nSPS) is 13.4. The Morgan fingerprint density at radius 3 is 2.53 bits per heavy atom. The Balaban J connectivity index is 1.85. The van der Waals surface area contributed by atoms with Crippen LogP contribution in [0, 0.1) is 0 Å². The fourth-order valence-corrected chi connectivity index (χ4v) is 4.07. The molecule has 2 amide bonds. The zero-order valence-electron chi connectivity index (χ0n) is 17.3. The maximum Gasteiger partial charge on any atom is 0.471 e. The number of fused-ring (bicyclic) bond motifs is 1. The number of anilines is 1. The number of benzene rings is 2. The van der Waals surface area contributed by atoms with Crippen molar-refractivity contribution in [2.75, 3.05) is 18.5 Å². The predicted molar refractivity (Wildman–Crippen MR) is 115 cm³/mol. The Morgan fingerprint density at radius 1 is 1.19 bits per heavy atom. The van der Waals surface area contributed by atoms with Gasteiger partial charge in [-0.05, 0) is 71.6 Å². The molecule has 1 aliphatic rings. The van der Waals surface area contributed by atoms with Crippen LogP contribution in [0.1, 0.15) is 45.7 Å². The van der Waals surface area contributed by atoms with Crippen molar-refractivity contribution in [1.29, 1.82) is 0 Å². The molecular weight excluding hydrogens is 493 g/mol. The number of rotatable bonds is 5. The summed E-state index contributed by atoms with van der Waals surface area (Å²) in [6, 6.07) is 7.84. The maximum atomic E-state index is 12.8. The van der Waals surface area contributed by atoms with Crippen molar-refractivity contribution in [3.8, 4) is 5.75 Å². The van der Waals surface area contributed by atoms with Crippen molar-refractivity contribution >= 4 is 39.2 Å². The number of halogens is 4. The van der Waals surface area contributed by atoms with Crippen LogP contribution in [0.3, 0.4) is 0 Å². The molecule has 0 fully saturated rings. The first-order valence-electron chi connectivity index (χ1n) is 9.78. The van der Waals surface area contributed by atoms with Gasteiger partial charge >= 0.3 is 12.1 Å². The number of amides is 2. The molecular formula is C22H20BrF3N2O4. The Morgan fingerprint density at radius 2 is 1.91 bits per heavy atom. The van der Waals surface area contributed by atoms with Crippen molar-refractivity contribution in [3.63, 3.8) is 0 Å². The highest BCUT2D eigenvalue weighted by molar-refractivity contribution is 9.10. The number of nitrogens with one attached hydrogen (secondary N) is 1. The van der Waals surface area contributed by atoms with Gasteiger partial charge < -0.3 is 15.0 Å². The van der Waals surface area contributed by atoms with E-state index in [0.29, 0.717) is 28.1 Å². The molecule has 3 rings (SSSR count). The molecule has 2 aromatic rings. The second-order valence-corrected chi connectivity index (χ2v) is 7.99. The van der Waals surface area contributed by atoms with Gasteiger partial charge in [-0.3, -0.25) is 14.4 Å². The fourth-order valence-electron chi connectivity index (χ4n) is 3.46. The lowest BCUT2D eigenvalue weighted by atomic mass is 9.98. The average Bonchev–Trinajstić information content (AvgIpc) is 2.74. The van der Waals surface area contributed by atoms with Gasteiger partial charge in [0.25, 0.3) is 5.91 Å². The molecule has 0 spiro atoms. The molecule has 1 aliphatic heterocycles. The highest BCUT2D eigenvalue weighted by Gasteiger charge is 2.43. The molecule has 2 aromatic carbocycles. The van der Waals surface area contributed by atoms with E-state index in [1.807, 2.05) is 0 Å². The zero-order valence-corrected chi connectivity index (χ0v) is 18.9. The average molecular weight is 513 g/mol. The number of nitrogens with zero attached hydrogens (tertiary/aromatic N) is 1. The molecule has 0 aliphatic carbocycles. The van der Waals surface area contributed by atoms with Crippen LogP contribution >= 0.6 is 15.9 Å². The van der Waals surface area contributed by atoms with Crippen LogP contribution in [-0.2, 0) is 17.8 Å². The summed E-state index contributed by atoms with van der Waals surface area (Å²) in [4.78, 5) is 37.1. The molecule has 32 heavy (non-hydrogen) atoms. The lowest BCUT2D eigenvalue weighted by Gasteiger charge is -2.30. The molecule has 0 aromatic heterocycles. The molecule has 0 saturated heterocycles. The third kappa shape index (κ3) is 4.95. The first-order chi connectivity index (χ1) is 15.0. The third-order valence-corrected chi connectivity index (χ3v) is 5.94. The summed E-state index contributed by atoms with van der Waals surface area (Å²) in [7, 11) is 0. The molecule has 0 bridgehead atoms. The first kappa shape index (κ1) is 23.8. The Kier molecular flexibility index (Phi) is 6.92. The van der Waals surface area contributed by atoms with Gasteiger partial charge in [-0.2, -0.15) is 13.2 Å². The summed E-state index contributed by atoms with van der Waals surface area (Å²) < 4.78 is 44.3. The van der Waals surface area contributed by atoms with Crippen LogP contribution in [0.25, 0.3) is 0 Å². The highest BCUT2D eigenvalue weighted by atomic mass is 79.9. The molecule has 170 valence electrons. The van der Waals surface area contributed by atoms with Crippen molar-refractivity contribution in [2.45, 2.75) is 33.0 Å². The number of alkyl halides is 3. The summed E-state index contributed by atoms with van der Waals surface area (Å²) in [6.45, 7) is 3.25. The third-order valence-electron chi connectivity index (χ3n) is 5.04. The van der Waals surface area contributed by atoms with E-state index in [9.17, 15) is 27.6 Å². The second-order valence-electron chi connectivity index (χ2n) is 7.19. The summed E-state index contributed by atoms with van der Waals surface area (Å²) in [5.41, 5.74) is 2.12. The second kappa shape index (κ2) is 9.32. The van der Waals surface area contributed by atoms with Gasteiger partial charge in [-0.1, -0.05) is 6.07 Å². The van der Waals surface area contributed by atoms with Crippen molar-refractivity contribution in [3.05, 3.63) is 57.1 Å². The van der Waals surface area contributed by atoms with Gasteiger partial charge in [-0.15, -0.1) is 0 Å². The van der Waals surface area contributed by atoms with Gasteiger partial charge in [0.2, 0.25) is 0 Å². The van der Waals surface area contributed by atoms with E-state index in [1.165, 1.54) is 25.1 Å². The minimum atomic E-state index is -4.95. The topological polar surface area (TPSA) is 75.7 Å². The zero-order chi connectivity index (χ0) is 23.6. The molecule has 1 N–H and O–H groups in total. The fraction of sp³-hybridized carbons (Fsp3) is 0.318. The lowest BCUT2D eigenvalue weighted by molar-refractivity contribution is -0.186. The molecule has 0 radical (unpaired) electrons. The molecule has 0 atom stereocenters. The molecule has 0 saturated carbocycles. The minimum absolute atomic E-state index is 0.0382. The largest absolute Gasteiger partial charge is 0.493 e. The van der Waals surface area contributed by atoms with Crippen molar-refractivity contribution in [1.82, 2.24) is 4.90 Å². The minimum Gasteiger partial charge on any atom is -0.493 e. The Bertz CT molecular complexity index is 1090. The van der Waals surface area contributed by atoms with Crippen LogP contribution < -0.4 is 10.1 Å². The Labute approximate surface area is 190 Å². The van der Waals surface area contributed by atoms with Crippen molar-refractivity contribution in [2.24, 2.45) is 0 Å². The summed E-state index contributed by atoms with van der Waals surface area (Å²) in [6.07, 6.45) is -4.68. The van der Waals surface area contributed by atoms with Crippen LogP contribution in [0.4, 0.5) is 18.9 Å². The Hall–Kier alpha value is -2.88. The monoisotopic (exact) mass is 512 g/mol. The van der Waals surface area contributed by atoms with Gasteiger partial charge in [0.05, 0.1) is 17.9 Å². The lowest BCUT2D eigenvalue weighted by Crippen LogP contribution is -2.43. The molecule has 6 nitrogen and oxygen atoms in total. The number of carbonyl (C=O) groups is 3. The molecule has 1 heterocycles. The van der Waals surface area contributed by atoms with Gasteiger partial charge in [0.15, 0.2) is 5.78 Å². The standard InChI is InChI=1S/C22H20BrF3N2O4/c1-3-32-18-7-5-14(10-15(18)12(2)29)20(30)27-17-6-4-13-8-9-28(11-16(13)19(17)23)21(31)22(24,25)26/h4-7,10H,3,8-9,11H2,1-2H3,(H,27,30). The van der Waals surface area contributed by atoms with Crippen LogP contribution in [0.15, 0.2) is 34.8 Å². The number of Topliss-reactive ketones (excluding diaryl/α,β-unsaturated/α-hetero) is 1. The quantitative estimate of drug-likeness (QED) is 0.586. The van der Waals surface area contributed by atoms with E-state index in [-0.39, 0.29) is 36.4 Å². The highest BCUT2D eigenvalue weighted by Crippen LogP contribution is 2.34. The number of hydrogen-bond acceptors (Lipinski definition) is 4. The smallest absolute Gasteiger partial charge is 0.471 e. The first-order valence-corrected chi connectivity index (χ1v) is 10.6. The van der Waals surface area contributed by atoms with E-state index in [1.54, 1.807) is 19.1 Å². The van der Waals surface area contributed by atoms with E-state index in [2.05, 4.69) is 21.2 Å². The van der Waals surface area contributed by atoms with E-state index >= 15 is 0 Å².